The quantitative estimate of drug-likeness (QED) is 0.0445. The number of carbonyl (C=O) groups excluding carboxylic acids is 6. The second-order valence-electron chi connectivity index (χ2n) is 16.6. The van der Waals surface area contributed by atoms with Gasteiger partial charge in [-0.25, -0.2) is 9.59 Å². The second-order valence-corrected chi connectivity index (χ2v) is 16.6. The highest BCUT2D eigenvalue weighted by Crippen LogP contribution is 2.57. The van der Waals surface area contributed by atoms with E-state index in [0.29, 0.717) is 38.6 Å². The molecule has 3 rings (SSSR count). The van der Waals surface area contributed by atoms with Crippen LogP contribution in [0.25, 0.3) is 0 Å². The monoisotopic (exact) mass is 806 g/mol. The minimum atomic E-state index is -2.64. The van der Waals surface area contributed by atoms with Gasteiger partial charge in [0.15, 0.2) is 29.5 Å². The first-order valence-corrected chi connectivity index (χ1v) is 20.5. The number of nitrogens with two attached hydrogens (primary N) is 1. The standard InChI is InChI=1S/C42H66N2O13/c1-10-12-13-14-16-20-31(47)54-35-33-32(26(6)34(35)55-38(49)25(5)11-2)36-42(52,41(9,51)39(50)56-36)29(23-40(33,8)57-27(7)45)53-30(46)19-17-15-18-21-44-37(48)28(43)22-24(3)4/h11,24,28-29,33-36,51-52H,10,12-23,43H2,1-9H3,(H,44,48)/b25-11-/t28-,29-,33+,34-,35-,36-,40-,41+,42+/m0/s1. The summed E-state index contributed by atoms with van der Waals surface area (Å²) in [6, 6.07) is -0.611. The fourth-order valence-corrected chi connectivity index (χ4v) is 8.22. The molecular formula is C42H66N2O13. The van der Waals surface area contributed by atoms with Crippen LogP contribution in [0.4, 0.5) is 0 Å². The van der Waals surface area contributed by atoms with E-state index in [9.17, 15) is 39.0 Å². The van der Waals surface area contributed by atoms with Gasteiger partial charge in [0.25, 0.3) is 0 Å². The van der Waals surface area contributed by atoms with Crippen LogP contribution < -0.4 is 11.1 Å². The van der Waals surface area contributed by atoms with Crippen molar-refractivity contribution in [2.45, 2.75) is 187 Å². The molecule has 1 saturated heterocycles. The van der Waals surface area contributed by atoms with Crippen molar-refractivity contribution in [2.75, 3.05) is 6.54 Å². The Balaban J connectivity index is 1.99. The Bertz CT molecular complexity index is 1550. The molecule has 0 bridgehead atoms. The Hall–Kier alpha value is -3.82. The minimum absolute atomic E-state index is 0.0511. The number of esters is 5. The number of unbranched alkanes of at least 4 members (excludes halogenated alkanes) is 6. The maximum atomic E-state index is 13.5. The average Bonchev–Trinajstić information content (AvgIpc) is 3.46. The van der Waals surface area contributed by atoms with Crippen molar-refractivity contribution in [3.05, 3.63) is 22.8 Å². The highest BCUT2D eigenvalue weighted by Gasteiger charge is 2.76. The lowest BCUT2D eigenvalue weighted by atomic mass is 9.75. The molecule has 0 radical (unpaired) electrons. The van der Waals surface area contributed by atoms with Crippen molar-refractivity contribution in [3.63, 3.8) is 0 Å². The topological polar surface area (TPSA) is 227 Å². The van der Waals surface area contributed by atoms with E-state index in [4.69, 9.17) is 29.4 Å². The summed E-state index contributed by atoms with van der Waals surface area (Å²) in [6.45, 7) is 14.9. The van der Waals surface area contributed by atoms with Crippen molar-refractivity contribution >= 4 is 35.8 Å². The van der Waals surface area contributed by atoms with Crippen molar-refractivity contribution in [1.29, 1.82) is 0 Å². The van der Waals surface area contributed by atoms with Crippen LogP contribution in [0.15, 0.2) is 22.8 Å². The lowest BCUT2D eigenvalue weighted by Gasteiger charge is -2.41. The van der Waals surface area contributed by atoms with E-state index in [-0.39, 0.29) is 41.4 Å². The smallest absolute Gasteiger partial charge is 0.341 e. The highest BCUT2D eigenvalue weighted by atomic mass is 16.6. The predicted molar refractivity (Wildman–Crippen MR) is 208 cm³/mol. The summed E-state index contributed by atoms with van der Waals surface area (Å²) in [6.07, 6.45) is 1.32. The van der Waals surface area contributed by atoms with Gasteiger partial charge in [-0.3, -0.25) is 19.2 Å². The van der Waals surface area contributed by atoms with Crippen LogP contribution in [0, 0.1) is 11.8 Å². The van der Waals surface area contributed by atoms with E-state index in [1.807, 2.05) is 13.8 Å². The third kappa shape index (κ3) is 11.0. The molecular weight excluding hydrogens is 740 g/mol. The number of carbonyl (C=O) groups is 6. The summed E-state index contributed by atoms with van der Waals surface area (Å²) in [5, 5.41) is 27.2. The summed E-state index contributed by atoms with van der Waals surface area (Å²) in [7, 11) is 0. The molecule has 0 aromatic heterocycles. The van der Waals surface area contributed by atoms with Gasteiger partial charge >= 0.3 is 29.8 Å². The molecule has 5 N–H and O–H groups in total. The van der Waals surface area contributed by atoms with Crippen LogP contribution in [0.2, 0.25) is 0 Å². The molecule has 0 aromatic carbocycles. The van der Waals surface area contributed by atoms with Crippen LogP contribution in [0.1, 0.15) is 139 Å². The van der Waals surface area contributed by atoms with Crippen LogP contribution in [-0.2, 0) is 52.5 Å². The first-order valence-electron chi connectivity index (χ1n) is 20.5. The van der Waals surface area contributed by atoms with Gasteiger partial charge in [-0.05, 0) is 77.4 Å². The second kappa shape index (κ2) is 20.2. The zero-order valence-electron chi connectivity index (χ0n) is 35.3. The van der Waals surface area contributed by atoms with Crippen molar-refractivity contribution in [1.82, 2.24) is 5.32 Å². The largest absolute Gasteiger partial charge is 0.459 e. The molecule has 0 unspecified atom stereocenters. The Labute approximate surface area is 336 Å². The van der Waals surface area contributed by atoms with E-state index in [2.05, 4.69) is 12.2 Å². The van der Waals surface area contributed by atoms with Gasteiger partial charge in [0.05, 0.1) is 12.0 Å². The Morgan fingerprint density at radius 2 is 1.54 bits per heavy atom. The first kappa shape index (κ1) is 47.6. The van der Waals surface area contributed by atoms with Crippen LogP contribution in [0.5, 0.6) is 0 Å². The molecule has 57 heavy (non-hydrogen) atoms. The molecule has 3 aliphatic rings. The Kier molecular flexibility index (Phi) is 16.9. The summed E-state index contributed by atoms with van der Waals surface area (Å²) >= 11 is 0. The molecule has 1 amide bonds. The third-order valence-corrected chi connectivity index (χ3v) is 11.5. The van der Waals surface area contributed by atoms with Gasteiger partial charge in [0.2, 0.25) is 5.91 Å². The van der Waals surface area contributed by atoms with Gasteiger partial charge in [-0.1, -0.05) is 59.0 Å². The normalized spacial score (nSPS) is 30.2. The average molecular weight is 807 g/mol. The molecule has 0 spiro atoms. The van der Waals surface area contributed by atoms with Crippen molar-refractivity contribution < 1.29 is 62.7 Å². The van der Waals surface area contributed by atoms with Gasteiger partial charge in [0.1, 0.15) is 11.7 Å². The fourth-order valence-electron chi connectivity index (χ4n) is 8.22. The van der Waals surface area contributed by atoms with Crippen LogP contribution in [-0.4, -0.2) is 99.8 Å². The van der Waals surface area contributed by atoms with Crippen molar-refractivity contribution in [2.24, 2.45) is 17.6 Å². The minimum Gasteiger partial charge on any atom is -0.459 e. The molecule has 15 nitrogen and oxygen atoms in total. The SMILES string of the molecule is C/C=C(/C)C(=O)O[C@H]1C(C)=C2[C@H]([C@@H]1OC(=O)CCCCCCC)[C@@](C)(OC(C)=O)C[C@H](OC(=O)CCCCCNC(=O)[C@@H](N)CC(C)C)[C@@]1(O)[C@H]2OC(=O)[C@@]1(C)O. The summed E-state index contributed by atoms with van der Waals surface area (Å²) in [5.74, 6) is -5.22. The van der Waals surface area contributed by atoms with Crippen LogP contribution in [0.3, 0.4) is 0 Å². The molecule has 1 heterocycles. The van der Waals surface area contributed by atoms with Gasteiger partial charge in [0, 0.05) is 38.3 Å². The molecule has 1 aliphatic heterocycles. The summed E-state index contributed by atoms with van der Waals surface area (Å²) in [4.78, 5) is 78.8. The highest BCUT2D eigenvalue weighted by molar-refractivity contribution is 5.88. The molecule has 2 aliphatic carbocycles. The number of aliphatic hydroxyl groups is 2. The first-order chi connectivity index (χ1) is 26.7. The van der Waals surface area contributed by atoms with Crippen LogP contribution >= 0.6 is 0 Å². The predicted octanol–water partition coefficient (Wildman–Crippen LogP) is 4.18. The number of fused-ring (bicyclic) bond motifs is 3. The molecule has 1 saturated carbocycles. The Morgan fingerprint density at radius 3 is 2.12 bits per heavy atom. The number of hydrogen-bond acceptors (Lipinski definition) is 14. The van der Waals surface area contributed by atoms with E-state index in [0.717, 1.165) is 32.6 Å². The zero-order chi connectivity index (χ0) is 42.9. The van der Waals surface area contributed by atoms with E-state index >= 15 is 0 Å². The van der Waals surface area contributed by atoms with Gasteiger partial charge < -0.3 is 44.9 Å². The fraction of sp³-hybridized carbons (Fsp3) is 0.762. The molecule has 0 aromatic rings. The number of nitrogens with one attached hydrogen (secondary N) is 1. The van der Waals surface area contributed by atoms with Crippen molar-refractivity contribution in [3.8, 4) is 0 Å². The number of rotatable bonds is 20. The molecule has 2 fully saturated rings. The lowest BCUT2D eigenvalue weighted by Crippen LogP contribution is -2.64. The number of amides is 1. The van der Waals surface area contributed by atoms with E-state index in [1.54, 1.807) is 26.8 Å². The van der Waals surface area contributed by atoms with E-state index in [1.165, 1.54) is 13.8 Å². The lowest BCUT2D eigenvalue weighted by molar-refractivity contribution is -0.212. The maximum Gasteiger partial charge on any atom is 0.341 e. The number of ether oxygens (including phenoxy) is 5. The molecule has 322 valence electrons. The number of allylic oxidation sites excluding steroid dienone is 1. The molecule has 9 atom stereocenters. The third-order valence-electron chi connectivity index (χ3n) is 11.5. The summed E-state index contributed by atoms with van der Waals surface area (Å²) < 4.78 is 29.8. The van der Waals surface area contributed by atoms with E-state index < -0.39 is 89.4 Å². The Morgan fingerprint density at radius 1 is 0.947 bits per heavy atom. The zero-order valence-corrected chi connectivity index (χ0v) is 35.3. The maximum absolute atomic E-state index is 13.5. The number of hydrogen-bond donors (Lipinski definition) is 4. The van der Waals surface area contributed by atoms with Gasteiger partial charge in [-0.2, -0.15) is 0 Å². The summed E-state index contributed by atoms with van der Waals surface area (Å²) in [5.41, 5.74) is -0.467. The van der Waals surface area contributed by atoms with Gasteiger partial charge in [-0.15, -0.1) is 0 Å². The molecule has 15 heteroatoms.